The van der Waals surface area contributed by atoms with Gasteiger partial charge in [0.25, 0.3) is 11.5 Å². The van der Waals surface area contributed by atoms with Crippen molar-refractivity contribution in [3.8, 4) is 28.8 Å². The zero-order chi connectivity index (χ0) is 20.4. The summed E-state index contributed by atoms with van der Waals surface area (Å²) in [5, 5.41) is 0. The summed E-state index contributed by atoms with van der Waals surface area (Å²) in [5.74, 6) is 1.45. The van der Waals surface area contributed by atoms with Gasteiger partial charge in [-0.05, 0) is 25.0 Å². The van der Waals surface area contributed by atoms with E-state index in [1.807, 2.05) is 0 Å². The van der Waals surface area contributed by atoms with Crippen LogP contribution in [0.4, 0.5) is 0 Å². The van der Waals surface area contributed by atoms with Crippen molar-refractivity contribution < 1.29 is 14.3 Å². The van der Waals surface area contributed by atoms with E-state index in [9.17, 15) is 9.59 Å². The van der Waals surface area contributed by atoms with Crippen LogP contribution in [0, 0.1) is 0 Å². The maximum atomic E-state index is 11.9. The van der Waals surface area contributed by atoms with Gasteiger partial charge in [0.2, 0.25) is 5.88 Å². The second kappa shape index (κ2) is 7.70. The summed E-state index contributed by atoms with van der Waals surface area (Å²) in [4.78, 5) is 40.1. The summed E-state index contributed by atoms with van der Waals surface area (Å²) in [5.41, 5.74) is 0.612. The first-order chi connectivity index (χ1) is 14.0. The largest absolute Gasteiger partial charge is 0.490 e. The van der Waals surface area contributed by atoms with E-state index in [4.69, 9.17) is 9.47 Å². The average molecular weight is 393 g/mol. The van der Waals surface area contributed by atoms with E-state index in [1.54, 1.807) is 32.3 Å². The summed E-state index contributed by atoms with van der Waals surface area (Å²) in [7, 11) is 3.28. The van der Waals surface area contributed by atoms with Gasteiger partial charge in [-0.1, -0.05) is 0 Å². The van der Waals surface area contributed by atoms with E-state index in [0.717, 1.165) is 12.8 Å². The Hall–Kier alpha value is -3.75. The molecule has 3 aromatic rings. The van der Waals surface area contributed by atoms with Crippen LogP contribution in [0.25, 0.3) is 11.4 Å². The number of carbonyl (C=O) groups is 1. The van der Waals surface area contributed by atoms with E-state index in [2.05, 4.69) is 19.9 Å². The van der Waals surface area contributed by atoms with Crippen molar-refractivity contribution in [3.05, 3.63) is 58.9 Å². The van der Waals surface area contributed by atoms with Crippen molar-refractivity contribution in [2.24, 2.45) is 0 Å². The minimum Gasteiger partial charge on any atom is -0.490 e. The van der Waals surface area contributed by atoms with E-state index in [-0.39, 0.29) is 29.1 Å². The summed E-state index contributed by atoms with van der Waals surface area (Å²) < 4.78 is 11.7. The van der Waals surface area contributed by atoms with Gasteiger partial charge in [0.15, 0.2) is 0 Å². The Labute approximate surface area is 166 Å². The van der Waals surface area contributed by atoms with E-state index in [0.29, 0.717) is 22.9 Å². The molecule has 29 heavy (non-hydrogen) atoms. The Morgan fingerprint density at radius 1 is 1.10 bits per heavy atom. The second-order valence-corrected chi connectivity index (χ2v) is 6.83. The van der Waals surface area contributed by atoms with Crippen LogP contribution >= 0.6 is 0 Å². The minimum atomic E-state index is -0.252. The number of amides is 1. The maximum absolute atomic E-state index is 11.9. The highest BCUT2D eigenvalue weighted by atomic mass is 16.5. The highest BCUT2D eigenvalue weighted by Crippen LogP contribution is 2.34. The fourth-order valence-electron chi connectivity index (χ4n) is 2.56. The molecule has 0 aliphatic heterocycles. The van der Waals surface area contributed by atoms with Crippen LogP contribution in [-0.2, 0) is 0 Å². The van der Waals surface area contributed by atoms with Crippen LogP contribution in [0.1, 0.15) is 23.3 Å². The van der Waals surface area contributed by atoms with Gasteiger partial charge in [0.05, 0.1) is 18.5 Å². The lowest BCUT2D eigenvalue weighted by molar-refractivity contribution is 0.0821. The highest BCUT2D eigenvalue weighted by Gasteiger charge is 2.24. The molecule has 9 heteroatoms. The number of nitrogens with one attached hydrogen (secondary N) is 1. The molecule has 1 aromatic carbocycles. The van der Waals surface area contributed by atoms with Gasteiger partial charge in [-0.15, -0.1) is 0 Å². The lowest BCUT2D eigenvalue weighted by Gasteiger charge is -2.12. The number of aromatic nitrogens is 4. The molecule has 0 radical (unpaired) electrons. The monoisotopic (exact) mass is 393 g/mol. The zero-order valence-electron chi connectivity index (χ0n) is 16.0. The Morgan fingerprint density at radius 3 is 2.55 bits per heavy atom. The van der Waals surface area contributed by atoms with E-state index in [1.165, 1.54) is 29.6 Å². The van der Waals surface area contributed by atoms with E-state index >= 15 is 0 Å². The first-order valence-electron chi connectivity index (χ1n) is 9.07. The molecule has 2 aromatic heterocycles. The van der Waals surface area contributed by atoms with Gasteiger partial charge in [-0.25, -0.2) is 15.0 Å². The molecule has 0 saturated heterocycles. The Morgan fingerprint density at radius 2 is 1.90 bits per heavy atom. The van der Waals surface area contributed by atoms with Crippen molar-refractivity contribution in [1.29, 1.82) is 0 Å². The topological polar surface area (TPSA) is 110 Å². The number of ether oxygens (including phenoxy) is 2. The third-order valence-corrected chi connectivity index (χ3v) is 4.13. The molecule has 1 saturated carbocycles. The molecule has 1 fully saturated rings. The molecule has 0 bridgehead atoms. The number of hydrogen-bond donors (Lipinski definition) is 1. The lowest BCUT2D eigenvalue weighted by atomic mass is 10.2. The molecule has 0 atom stereocenters. The third kappa shape index (κ3) is 4.57. The van der Waals surface area contributed by atoms with Gasteiger partial charge < -0.3 is 19.4 Å². The summed E-state index contributed by atoms with van der Waals surface area (Å²) in [6.07, 6.45) is 6.39. The summed E-state index contributed by atoms with van der Waals surface area (Å²) in [6.45, 7) is 0. The number of H-pyrrole nitrogens is 1. The van der Waals surface area contributed by atoms with Crippen LogP contribution in [-0.4, -0.2) is 50.9 Å². The van der Waals surface area contributed by atoms with Crippen molar-refractivity contribution >= 4 is 5.91 Å². The molecule has 1 N–H and O–H groups in total. The number of aromatic amines is 1. The van der Waals surface area contributed by atoms with Crippen molar-refractivity contribution in [1.82, 2.24) is 24.8 Å². The predicted octanol–water partition coefficient (Wildman–Crippen LogP) is 2.26. The Kier molecular flexibility index (Phi) is 4.94. The molecule has 0 unspecified atom stereocenters. The van der Waals surface area contributed by atoms with E-state index < -0.39 is 0 Å². The predicted molar refractivity (Wildman–Crippen MR) is 104 cm³/mol. The van der Waals surface area contributed by atoms with Crippen LogP contribution in [0.2, 0.25) is 0 Å². The van der Waals surface area contributed by atoms with Crippen molar-refractivity contribution in [2.75, 3.05) is 14.1 Å². The van der Waals surface area contributed by atoms with Crippen LogP contribution in [0.5, 0.6) is 17.4 Å². The van der Waals surface area contributed by atoms with Crippen LogP contribution in [0.3, 0.4) is 0 Å². The molecule has 1 aliphatic carbocycles. The molecule has 1 aliphatic rings. The number of carbonyl (C=O) groups excluding carboxylic acids is 1. The van der Waals surface area contributed by atoms with Crippen LogP contribution < -0.4 is 15.0 Å². The summed E-state index contributed by atoms with van der Waals surface area (Å²) >= 11 is 0. The standard InChI is InChI=1S/C20H19N5O4/c1-25(2)20(27)16-10-23-18(11-22-16)29-15-8-12(19-21-6-5-17(26)24-19)7-14(9-15)28-13-3-4-13/h5-11,13H,3-4H2,1-2H3,(H,21,24,26). The third-order valence-electron chi connectivity index (χ3n) is 4.13. The molecule has 0 spiro atoms. The number of hydrogen-bond acceptors (Lipinski definition) is 7. The molecule has 9 nitrogen and oxygen atoms in total. The maximum Gasteiger partial charge on any atom is 0.273 e. The van der Waals surface area contributed by atoms with Crippen molar-refractivity contribution in [3.63, 3.8) is 0 Å². The molecule has 1 amide bonds. The minimum absolute atomic E-state index is 0.192. The van der Waals surface area contributed by atoms with Gasteiger partial charge in [0, 0.05) is 38.0 Å². The smallest absolute Gasteiger partial charge is 0.273 e. The molecule has 4 rings (SSSR count). The van der Waals surface area contributed by atoms with Gasteiger partial charge in [0.1, 0.15) is 23.0 Å². The average Bonchev–Trinajstić information content (AvgIpc) is 3.52. The fraction of sp³-hybridized carbons (Fsp3) is 0.250. The first-order valence-corrected chi connectivity index (χ1v) is 9.07. The van der Waals surface area contributed by atoms with Gasteiger partial charge in [-0.2, -0.15) is 0 Å². The highest BCUT2D eigenvalue weighted by molar-refractivity contribution is 5.91. The molecule has 2 heterocycles. The quantitative estimate of drug-likeness (QED) is 0.684. The molecular weight excluding hydrogens is 374 g/mol. The fourth-order valence-corrected chi connectivity index (χ4v) is 2.56. The SMILES string of the molecule is CN(C)C(=O)c1cnc(Oc2cc(OC3CC3)cc(-c3nccc(=O)[nH]3)c2)cn1. The summed E-state index contributed by atoms with van der Waals surface area (Å²) in [6, 6.07) is 6.60. The first kappa shape index (κ1) is 18.6. The Bertz CT molecular complexity index is 1090. The second-order valence-electron chi connectivity index (χ2n) is 6.83. The zero-order valence-corrected chi connectivity index (χ0v) is 16.0. The number of nitrogens with zero attached hydrogens (tertiary/aromatic N) is 4. The van der Waals surface area contributed by atoms with Crippen molar-refractivity contribution in [2.45, 2.75) is 18.9 Å². The Balaban J connectivity index is 1.63. The molecule has 148 valence electrons. The number of benzene rings is 1. The van der Waals surface area contributed by atoms with Crippen LogP contribution in [0.15, 0.2) is 47.7 Å². The normalized spacial score (nSPS) is 13.0. The lowest BCUT2D eigenvalue weighted by Crippen LogP contribution is -2.22. The number of rotatable bonds is 6. The van der Waals surface area contributed by atoms with Gasteiger partial charge >= 0.3 is 0 Å². The molecular formula is C20H19N5O4. The van der Waals surface area contributed by atoms with Gasteiger partial charge in [-0.3, -0.25) is 9.59 Å².